The van der Waals surface area contributed by atoms with E-state index in [4.69, 9.17) is 4.74 Å². The molecule has 0 saturated carbocycles. The number of nitrogens with one attached hydrogen (secondary N) is 1. The summed E-state index contributed by atoms with van der Waals surface area (Å²) in [5.74, 6) is 0. The van der Waals surface area contributed by atoms with Crippen molar-refractivity contribution >= 4 is 10.0 Å². The van der Waals surface area contributed by atoms with Crippen LogP contribution < -0.4 is 4.72 Å². The lowest BCUT2D eigenvalue weighted by molar-refractivity contribution is -0.0891. The van der Waals surface area contributed by atoms with Crippen LogP contribution in [0.15, 0.2) is 41.4 Å². The highest BCUT2D eigenvalue weighted by molar-refractivity contribution is 7.89. The van der Waals surface area contributed by atoms with Crippen molar-refractivity contribution in [3.05, 3.63) is 42.2 Å². The second-order valence-electron chi connectivity index (χ2n) is 7.60. The molecule has 2 N–H and O–H groups in total. The molecule has 9 nitrogen and oxygen atoms in total. The van der Waals surface area contributed by atoms with Crippen molar-refractivity contribution in [2.24, 2.45) is 0 Å². The highest BCUT2D eigenvalue weighted by Crippen LogP contribution is 2.24. The lowest BCUT2D eigenvalue weighted by atomic mass is 9.98. The fourth-order valence-corrected chi connectivity index (χ4v) is 4.79. The Kier molecular flexibility index (Phi) is 7.36. The van der Waals surface area contributed by atoms with Crippen LogP contribution in [0.3, 0.4) is 0 Å². The van der Waals surface area contributed by atoms with Crippen LogP contribution in [0, 0.1) is 0 Å². The predicted octanol–water partition coefficient (Wildman–Crippen LogP) is 0.617. The predicted molar refractivity (Wildman–Crippen MR) is 108 cm³/mol. The minimum Gasteiger partial charge on any atom is -0.394 e. The van der Waals surface area contributed by atoms with Crippen molar-refractivity contribution in [2.45, 2.75) is 55.5 Å². The van der Waals surface area contributed by atoms with E-state index in [1.54, 1.807) is 35.0 Å². The van der Waals surface area contributed by atoms with Crippen molar-refractivity contribution < 1.29 is 18.3 Å². The summed E-state index contributed by atoms with van der Waals surface area (Å²) in [6.45, 7) is 1.15. The molecule has 0 radical (unpaired) electrons. The van der Waals surface area contributed by atoms with Gasteiger partial charge in [0.25, 0.3) is 0 Å². The minimum atomic E-state index is -3.65. The Hall–Kier alpha value is -1.85. The van der Waals surface area contributed by atoms with Gasteiger partial charge >= 0.3 is 0 Å². The highest BCUT2D eigenvalue weighted by Gasteiger charge is 2.33. The van der Waals surface area contributed by atoms with Crippen LogP contribution in [-0.4, -0.2) is 72.4 Å². The summed E-state index contributed by atoms with van der Waals surface area (Å²) in [6, 6.07) is 7.76. The zero-order valence-corrected chi connectivity index (χ0v) is 17.6. The summed E-state index contributed by atoms with van der Waals surface area (Å²) >= 11 is 0. The molecule has 0 bridgehead atoms. The molecule has 1 fully saturated rings. The number of ether oxygens (including phenoxy) is 1. The minimum absolute atomic E-state index is 0.0638. The molecule has 3 rings (SSSR count). The van der Waals surface area contributed by atoms with Crippen LogP contribution >= 0.6 is 0 Å². The number of aryl methyl sites for hydroxylation is 1. The molecule has 0 unspecified atom stereocenters. The monoisotopic (exact) mass is 423 g/mol. The SMILES string of the molecule is CN(C)Cc1cn(CC[C@@H]2CC[C@@H](NS(=O)(=O)c3ccccc3)[C@H](CO)O2)nn1. The van der Waals surface area contributed by atoms with Gasteiger partial charge < -0.3 is 14.7 Å². The first-order valence-corrected chi connectivity index (χ1v) is 11.2. The third-order valence-electron chi connectivity index (χ3n) is 4.90. The van der Waals surface area contributed by atoms with E-state index in [-0.39, 0.29) is 17.6 Å². The van der Waals surface area contributed by atoms with E-state index in [1.807, 2.05) is 25.2 Å². The van der Waals surface area contributed by atoms with Crippen molar-refractivity contribution in [2.75, 3.05) is 20.7 Å². The molecule has 2 aromatic rings. The van der Waals surface area contributed by atoms with E-state index in [2.05, 4.69) is 15.0 Å². The number of hydrogen-bond acceptors (Lipinski definition) is 7. The second-order valence-corrected chi connectivity index (χ2v) is 9.31. The number of rotatable bonds is 9. The van der Waals surface area contributed by atoms with Crippen molar-refractivity contribution in [1.82, 2.24) is 24.6 Å². The van der Waals surface area contributed by atoms with Crippen LogP contribution in [0.5, 0.6) is 0 Å². The zero-order valence-electron chi connectivity index (χ0n) is 16.8. The summed E-state index contributed by atoms with van der Waals surface area (Å²) in [5.41, 5.74) is 0.906. The molecule has 160 valence electrons. The fourth-order valence-electron chi connectivity index (χ4n) is 3.47. The van der Waals surface area contributed by atoms with Crippen LogP contribution in [0.1, 0.15) is 25.0 Å². The van der Waals surface area contributed by atoms with Gasteiger partial charge in [0.05, 0.1) is 35.4 Å². The number of aliphatic hydroxyl groups is 1. The molecule has 3 atom stereocenters. The molecule has 2 heterocycles. The summed E-state index contributed by atoms with van der Waals surface area (Å²) in [7, 11) is 0.307. The lowest BCUT2D eigenvalue weighted by Crippen LogP contribution is -2.50. The second kappa shape index (κ2) is 9.77. The van der Waals surface area contributed by atoms with Crippen molar-refractivity contribution in [3.63, 3.8) is 0 Å². The maximum absolute atomic E-state index is 12.6. The van der Waals surface area contributed by atoms with E-state index < -0.39 is 22.2 Å². The Balaban J connectivity index is 1.53. The van der Waals surface area contributed by atoms with Gasteiger partial charge in [-0.25, -0.2) is 13.1 Å². The Morgan fingerprint density at radius 2 is 2.03 bits per heavy atom. The number of benzene rings is 1. The van der Waals surface area contributed by atoms with Gasteiger partial charge in [-0.2, -0.15) is 0 Å². The van der Waals surface area contributed by atoms with Gasteiger partial charge in [0.15, 0.2) is 0 Å². The van der Waals surface area contributed by atoms with Crippen LogP contribution in [-0.2, 0) is 27.8 Å². The topological polar surface area (TPSA) is 110 Å². The molecule has 0 spiro atoms. The maximum atomic E-state index is 12.6. The smallest absolute Gasteiger partial charge is 0.240 e. The third-order valence-corrected chi connectivity index (χ3v) is 6.41. The molecule has 1 aliphatic rings. The first kappa shape index (κ1) is 21.8. The van der Waals surface area contributed by atoms with Gasteiger partial charge in [0, 0.05) is 19.3 Å². The summed E-state index contributed by atoms with van der Waals surface area (Å²) in [6.07, 6.45) is 3.31. The average Bonchev–Trinajstić information content (AvgIpc) is 3.14. The van der Waals surface area contributed by atoms with Gasteiger partial charge in [0.1, 0.15) is 0 Å². The quantitative estimate of drug-likeness (QED) is 0.608. The molecule has 10 heteroatoms. The molecule has 0 amide bonds. The number of aliphatic hydroxyl groups excluding tert-OH is 1. The number of sulfonamides is 1. The molecular formula is C19H29N5O4S. The highest BCUT2D eigenvalue weighted by atomic mass is 32.2. The van der Waals surface area contributed by atoms with Gasteiger partial charge in [-0.05, 0) is 45.5 Å². The molecule has 1 aromatic heterocycles. The molecule has 1 saturated heterocycles. The van der Waals surface area contributed by atoms with Gasteiger partial charge in [-0.1, -0.05) is 23.4 Å². The Bertz CT molecular complexity index is 872. The Morgan fingerprint density at radius 1 is 1.28 bits per heavy atom. The van der Waals surface area contributed by atoms with Crippen LogP contribution in [0.2, 0.25) is 0 Å². The average molecular weight is 424 g/mol. The summed E-state index contributed by atoms with van der Waals surface area (Å²) in [4.78, 5) is 2.24. The molecular weight excluding hydrogens is 394 g/mol. The standard InChI is InChI=1S/C19H29N5O4S/c1-23(2)12-15-13-24(22-20-15)11-10-16-8-9-18(19(14-25)28-16)21-29(26,27)17-6-4-3-5-7-17/h3-7,13,16,18-19,21,25H,8-12,14H2,1-2H3/t16-,18+,19-/m0/s1. The number of hydrogen-bond donors (Lipinski definition) is 2. The molecule has 0 aliphatic carbocycles. The normalized spacial score (nSPS) is 22.8. The first-order chi connectivity index (χ1) is 13.9. The Morgan fingerprint density at radius 3 is 2.72 bits per heavy atom. The van der Waals surface area contributed by atoms with E-state index in [0.29, 0.717) is 19.4 Å². The van der Waals surface area contributed by atoms with Gasteiger partial charge in [0.2, 0.25) is 10.0 Å². The van der Waals surface area contributed by atoms with Gasteiger partial charge in [-0.3, -0.25) is 4.68 Å². The van der Waals surface area contributed by atoms with Crippen LogP contribution in [0.25, 0.3) is 0 Å². The zero-order chi connectivity index (χ0) is 20.9. The lowest BCUT2D eigenvalue weighted by Gasteiger charge is -2.36. The van der Waals surface area contributed by atoms with E-state index >= 15 is 0 Å². The van der Waals surface area contributed by atoms with Crippen molar-refractivity contribution in [1.29, 1.82) is 0 Å². The maximum Gasteiger partial charge on any atom is 0.240 e. The first-order valence-electron chi connectivity index (χ1n) is 9.75. The van der Waals surface area contributed by atoms with E-state index in [1.165, 1.54) is 0 Å². The summed E-state index contributed by atoms with van der Waals surface area (Å²) < 4.78 is 35.6. The molecule has 29 heavy (non-hydrogen) atoms. The van der Waals surface area contributed by atoms with Crippen LogP contribution in [0.4, 0.5) is 0 Å². The Labute approximate surface area is 171 Å². The van der Waals surface area contributed by atoms with Gasteiger partial charge in [-0.15, -0.1) is 5.10 Å². The van der Waals surface area contributed by atoms with E-state index in [9.17, 15) is 13.5 Å². The largest absolute Gasteiger partial charge is 0.394 e. The van der Waals surface area contributed by atoms with E-state index in [0.717, 1.165) is 18.7 Å². The van der Waals surface area contributed by atoms with Crippen molar-refractivity contribution in [3.8, 4) is 0 Å². The third kappa shape index (κ3) is 6.06. The summed E-state index contributed by atoms with van der Waals surface area (Å²) in [5, 5.41) is 18.0. The molecule has 1 aromatic carbocycles. The molecule has 1 aliphatic heterocycles. The fraction of sp³-hybridized carbons (Fsp3) is 0.579. The number of nitrogens with zero attached hydrogens (tertiary/aromatic N) is 4. The number of aromatic nitrogens is 3.